The minimum Gasteiger partial charge on any atom is -0.389 e. The molecule has 1 heterocycles. The van der Waals surface area contributed by atoms with Crippen molar-refractivity contribution in [1.82, 2.24) is 4.90 Å². The van der Waals surface area contributed by atoms with Crippen LogP contribution in [0.1, 0.15) is 11.1 Å². The van der Waals surface area contributed by atoms with E-state index < -0.39 is 24.0 Å². The average Bonchev–Trinajstić information content (AvgIpc) is 2.57. The summed E-state index contributed by atoms with van der Waals surface area (Å²) in [6.07, 6.45) is -6.91. The van der Waals surface area contributed by atoms with Crippen molar-refractivity contribution in [3.63, 3.8) is 0 Å². The first kappa shape index (κ1) is 13.3. The predicted molar refractivity (Wildman–Crippen MR) is 57.6 cm³/mol. The molecular formula is C12H13F4NO. The van der Waals surface area contributed by atoms with Gasteiger partial charge in [-0.05, 0) is 11.6 Å². The van der Waals surface area contributed by atoms with E-state index in [1.165, 1.54) is 23.1 Å². The molecule has 1 aromatic rings. The lowest BCUT2D eigenvalue weighted by atomic mass is 10.1. The lowest BCUT2D eigenvalue weighted by Gasteiger charge is -2.18. The minimum atomic E-state index is -4.41. The number of aliphatic hydroxyl groups excluding tert-OH is 1. The Morgan fingerprint density at radius 3 is 2.44 bits per heavy atom. The number of hydrogen-bond donors (Lipinski definition) is 1. The van der Waals surface area contributed by atoms with Crippen LogP contribution < -0.4 is 0 Å². The number of nitrogens with zero attached hydrogens (tertiary/aromatic N) is 1. The van der Waals surface area contributed by atoms with Crippen molar-refractivity contribution in [3.05, 3.63) is 35.4 Å². The van der Waals surface area contributed by atoms with E-state index in [1.54, 1.807) is 0 Å². The van der Waals surface area contributed by atoms with Crippen LogP contribution in [0.5, 0.6) is 0 Å². The number of alkyl halides is 4. The van der Waals surface area contributed by atoms with Gasteiger partial charge >= 0.3 is 6.18 Å². The first-order valence-electron chi connectivity index (χ1n) is 5.57. The van der Waals surface area contributed by atoms with Crippen LogP contribution >= 0.6 is 0 Å². The van der Waals surface area contributed by atoms with E-state index in [2.05, 4.69) is 0 Å². The molecule has 1 aliphatic heterocycles. The lowest BCUT2D eigenvalue weighted by molar-refractivity contribution is -0.138. The zero-order chi connectivity index (χ0) is 13.3. The van der Waals surface area contributed by atoms with E-state index in [9.17, 15) is 22.7 Å². The molecule has 0 aromatic heterocycles. The molecule has 1 aromatic carbocycles. The summed E-state index contributed by atoms with van der Waals surface area (Å²) in [5, 5.41) is 9.24. The highest BCUT2D eigenvalue weighted by molar-refractivity contribution is 5.29. The molecule has 1 saturated heterocycles. The van der Waals surface area contributed by atoms with Gasteiger partial charge in [-0.25, -0.2) is 4.39 Å². The molecule has 18 heavy (non-hydrogen) atoms. The number of benzene rings is 1. The fourth-order valence-electron chi connectivity index (χ4n) is 2.13. The molecule has 1 aliphatic rings. The molecule has 0 unspecified atom stereocenters. The molecule has 2 rings (SSSR count). The van der Waals surface area contributed by atoms with E-state index in [0.29, 0.717) is 0 Å². The zero-order valence-electron chi connectivity index (χ0n) is 9.49. The molecule has 6 heteroatoms. The second-order valence-electron chi connectivity index (χ2n) is 4.43. The van der Waals surface area contributed by atoms with Crippen molar-refractivity contribution >= 4 is 0 Å². The van der Waals surface area contributed by atoms with E-state index in [-0.39, 0.29) is 25.2 Å². The Balaban J connectivity index is 2.15. The standard InChI is InChI=1S/C12H13F4NO/c13-10-6-17(7-11(10)18)5-8-3-1-2-4-9(8)12(14,15)16/h1-4,10-11,18H,5-7H2/t10-,11-/m1/s1. The monoisotopic (exact) mass is 263 g/mol. The van der Waals surface area contributed by atoms with E-state index in [1.807, 2.05) is 0 Å². The third kappa shape index (κ3) is 2.81. The maximum absolute atomic E-state index is 13.1. The first-order chi connectivity index (χ1) is 8.38. The second kappa shape index (κ2) is 4.85. The molecule has 0 radical (unpaired) electrons. The Kier molecular flexibility index (Phi) is 3.59. The van der Waals surface area contributed by atoms with Gasteiger partial charge in [0.05, 0.1) is 11.7 Å². The molecule has 0 aliphatic carbocycles. The number of rotatable bonds is 2. The largest absolute Gasteiger partial charge is 0.416 e. The lowest BCUT2D eigenvalue weighted by Crippen LogP contribution is -2.23. The molecule has 1 N–H and O–H groups in total. The topological polar surface area (TPSA) is 23.5 Å². The van der Waals surface area contributed by atoms with Crippen molar-refractivity contribution in [2.24, 2.45) is 0 Å². The predicted octanol–water partition coefficient (Wildman–Crippen LogP) is 2.22. The Morgan fingerprint density at radius 1 is 1.22 bits per heavy atom. The Hall–Kier alpha value is -1.14. The number of β-amino-alcohol motifs (C(OH)–C–C–N with tert-alkyl or cyclic N) is 1. The van der Waals surface area contributed by atoms with Gasteiger partial charge in [0.25, 0.3) is 0 Å². The summed E-state index contributed by atoms with van der Waals surface area (Å²) in [5.74, 6) is 0. The van der Waals surface area contributed by atoms with E-state index in [4.69, 9.17) is 0 Å². The summed E-state index contributed by atoms with van der Waals surface area (Å²) >= 11 is 0. The van der Waals surface area contributed by atoms with Crippen molar-refractivity contribution in [2.75, 3.05) is 13.1 Å². The molecule has 0 amide bonds. The summed E-state index contributed by atoms with van der Waals surface area (Å²) in [6, 6.07) is 5.22. The summed E-state index contributed by atoms with van der Waals surface area (Å²) < 4.78 is 51.3. The maximum Gasteiger partial charge on any atom is 0.416 e. The molecular weight excluding hydrogens is 250 g/mol. The Bertz CT molecular complexity index is 411. The van der Waals surface area contributed by atoms with Crippen molar-refractivity contribution < 1.29 is 22.7 Å². The van der Waals surface area contributed by atoms with Crippen molar-refractivity contribution in [3.8, 4) is 0 Å². The van der Waals surface area contributed by atoms with Gasteiger partial charge in [-0.2, -0.15) is 13.2 Å². The highest BCUT2D eigenvalue weighted by atomic mass is 19.4. The average molecular weight is 263 g/mol. The molecule has 0 bridgehead atoms. The molecule has 0 saturated carbocycles. The maximum atomic E-state index is 13.1. The second-order valence-corrected chi connectivity index (χ2v) is 4.43. The number of aliphatic hydroxyl groups is 1. The highest BCUT2D eigenvalue weighted by Gasteiger charge is 2.35. The van der Waals surface area contributed by atoms with Crippen LogP contribution in [0, 0.1) is 0 Å². The first-order valence-corrected chi connectivity index (χ1v) is 5.57. The van der Waals surface area contributed by atoms with Crippen LogP contribution in [0.15, 0.2) is 24.3 Å². The molecule has 2 nitrogen and oxygen atoms in total. The Labute approximate surface area is 102 Å². The van der Waals surface area contributed by atoms with Crippen LogP contribution in [0.2, 0.25) is 0 Å². The third-order valence-electron chi connectivity index (χ3n) is 3.01. The summed E-state index contributed by atoms with van der Waals surface area (Å²) in [5.41, 5.74) is -0.604. The smallest absolute Gasteiger partial charge is 0.389 e. The van der Waals surface area contributed by atoms with Gasteiger partial charge in [0.15, 0.2) is 0 Å². The van der Waals surface area contributed by atoms with Crippen LogP contribution in [-0.2, 0) is 12.7 Å². The van der Waals surface area contributed by atoms with Crippen LogP contribution in [-0.4, -0.2) is 35.4 Å². The molecule has 0 spiro atoms. The summed E-state index contributed by atoms with van der Waals surface area (Å²) in [4.78, 5) is 1.49. The molecule has 100 valence electrons. The van der Waals surface area contributed by atoms with Gasteiger partial charge in [0.2, 0.25) is 0 Å². The molecule has 1 fully saturated rings. The van der Waals surface area contributed by atoms with Crippen molar-refractivity contribution in [2.45, 2.75) is 25.0 Å². The highest BCUT2D eigenvalue weighted by Crippen LogP contribution is 2.32. The Morgan fingerprint density at radius 2 is 1.89 bits per heavy atom. The number of hydrogen-bond acceptors (Lipinski definition) is 2. The van der Waals surface area contributed by atoms with Gasteiger partial charge in [-0.15, -0.1) is 0 Å². The summed E-state index contributed by atoms with van der Waals surface area (Å²) in [6.45, 7) is 0.0217. The quantitative estimate of drug-likeness (QED) is 0.827. The van der Waals surface area contributed by atoms with Gasteiger partial charge in [0.1, 0.15) is 6.17 Å². The SMILES string of the molecule is O[C@@H]1CN(Cc2ccccc2C(F)(F)F)C[C@H]1F. The third-order valence-corrected chi connectivity index (χ3v) is 3.01. The van der Waals surface area contributed by atoms with Crippen LogP contribution in [0.4, 0.5) is 17.6 Å². The minimum absolute atomic E-state index is 0.00678. The summed E-state index contributed by atoms with van der Waals surface area (Å²) in [7, 11) is 0. The normalized spacial score (nSPS) is 25.6. The van der Waals surface area contributed by atoms with Gasteiger partial charge in [0, 0.05) is 19.6 Å². The van der Waals surface area contributed by atoms with Crippen LogP contribution in [0.3, 0.4) is 0 Å². The van der Waals surface area contributed by atoms with Gasteiger partial charge in [-0.3, -0.25) is 4.90 Å². The van der Waals surface area contributed by atoms with E-state index >= 15 is 0 Å². The van der Waals surface area contributed by atoms with Crippen LogP contribution in [0.25, 0.3) is 0 Å². The fourth-order valence-corrected chi connectivity index (χ4v) is 2.13. The van der Waals surface area contributed by atoms with Gasteiger partial charge < -0.3 is 5.11 Å². The van der Waals surface area contributed by atoms with Crippen molar-refractivity contribution in [1.29, 1.82) is 0 Å². The number of halogens is 4. The molecule has 2 atom stereocenters. The number of likely N-dealkylation sites (tertiary alicyclic amines) is 1. The fraction of sp³-hybridized carbons (Fsp3) is 0.500. The zero-order valence-corrected chi connectivity index (χ0v) is 9.49. The van der Waals surface area contributed by atoms with Gasteiger partial charge in [-0.1, -0.05) is 18.2 Å². The van der Waals surface area contributed by atoms with E-state index in [0.717, 1.165) is 6.07 Å².